The number of hydrogen-bond donors (Lipinski definition) is 0. The predicted octanol–water partition coefficient (Wildman–Crippen LogP) is 2.07. The molecular formula is C19H48O7Si4. The minimum Gasteiger partial charge on any atom is -0.422 e. The Bertz CT molecular complexity index is 320. The number of rotatable bonds is 22. The zero-order valence-corrected chi connectivity index (χ0v) is 26.0. The van der Waals surface area contributed by atoms with Crippen molar-refractivity contribution in [3.8, 4) is 0 Å². The topological polar surface area (TPSA) is 64.6 Å². The second kappa shape index (κ2) is 20.2. The van der Waals surface area contributed by atoms with Crippen molar-refractivity contribution in [2.24, 2.45) is 0 Å². The average molecular weight is 501 g/mol. The van der Waals surface area contributed by atoms with Gasteiger partial charge in [0, 0.05) is 42.7 Å². The minimum atomic E-state index is -1.46. The maximum atomic E-state index is 6.30. The molecule has 0 aromatic rings. The molecule has 0 saturated heterocycles. The van der Waals surface area contributed by atoms with E-state index in [2.05, 4.69) is 0 Å². The molecular weight excluding hydrogens is 453 g/mol. The Labute approximate surface area is 193 Å². The van der Waals surface area contributed by atoms with Gasteiger partial charge in [-0.3, -0.25) is 0 Å². The summed E-state index contributed by atoms with van der Waals surface area (Å²) in [4.78, 5) is 0. The Balaban J connectivity index is 4.63. The van der Waals surface area contributed by atoms with Gasteiger partial charge in [-0.2, -0.15) is 0 Å². The second-order valence-corrected chi connectivity index (χ2v) is 15.4. The molecule has 7 nitrogen and oxygen atoms in total. The molecule has 11 heteroatoms. The molecule has 30 heavy (non-hydrogen) atoms. The third kappa shape index (κ3) is 13.9. The molecule has 0 saturated carbocycles. The Morgan fingerprint density at radius 3 is 0.967 bits per heavy atom. The van der Waals surface area contributed by atoms with Gasteiger partial charge in [-0.05, 0) is 37.4 Å². The normalized spacial score (nSPS) is 12.7. The second-order valence-electron chi connectivity index (χ2n) is 7.83. The van der Waals surface area contributed by atoms with E-state index in [1.54, 1.807) is 42.7 Å². The fraction of sp³-hybridized carbons (Fsp3) is 1.00. The van der Waals surface area contributed by atoms with Crippen molar-refractivity contribution < 1.29 is 31.0 Å². The highest BCUT2D eigenvalue weighted by molar-refractivity contribution is 6.44. The fourth-order valence-electron chi connectivity index (χ4n) is 3.95. The van der Waals surface area contributed by atoms with E-state index in [1.807, 2.05) is 0 Å². The SMILES string of the molecule is CO[SiH](CCCCC(CCCC[SiH](OC)OC)(CCCC[SiH](OC)OC)O[SiH3])OC. The summed E-state index contributed by atoms with van der Waals surface area (Å²) in [5, 5.41) is 0. The zero-order valence-electron chi connectivity index (χ0n) is 20.6. The smallest absolute Gasteiger partial charge is 0.320 e. The molecule has 0 aromatic heterocycles. The van der Waals surface area contributed by atoms with Crippen LogP contribution in [0.4, 0.5) is 0 Å². The highest BCUT2D eigenvalue weighted by Crippen LogP contribution is 2.32. The Morgan fingerprint density at radius 1 is 0.500 bits per heavy atom. The van der Waals surface area contributed by atoms with Crippen molar-refractivity contribution in [1.29, 1.82) is 0 Å². The van der Waals surface area contributed by atoms with Crippen LogP contribution < -0.4 is 0 Å². The number of hydrogen-bond acceptors (Lipinski definition) is 7. The minimum absolute atomic E-state index is 0.0117. The molecule has 0 aromatic carbocycles. The lowest BCUT2D eigenvalue weighted by atomic mass is 9.86. The van der Waals surface area contributed by atoms with Gasteiger partial charge in [0.15, 0.2) is 0 Å². The molecule has 0 atom stereocenters. The molecule has 0 rings (SSSR count). The predicted molar refractivity (Wildman–Crippen MR) is 133 cm³/mol. The third-order valence-corrected chi connectivity index (χ3v) is 12.6. The van der Waals surface area contributed by atoms with Gasteiger partial charge in [-0.15, -0.1) is 0 Å². The van der Waals surface area contributed by atoms with Crippen molar-refractivity contribution in [2.45, 2.75) is 81.5 Å². The summed E-state index contributed by atoms with van der Waals surface area (Å²) in [5.41, 5.74) is 0.0117. The summed E-state index contributed by atoms with van der Waals surface area (Å²) in [7, 11) is 6.97. The fourth-order valence-corrected chi connectivity index (χ4v) is 8.42. The van der Waals surface area contributed by atoms with Crippen molar-refractivity contribution >= 4 is 38.3 Å². The van der Waals surface area contributed by atoms with Crippen molar-refractivity contribution in [1.82, 2.24) is 0 Å². The quantitative estimate of drug-likeness (QED) is 0.167. The van der Waals surface area contributed by atoms with Gasteiger partial charge in [0.1, 0.15) is 10.5 Å². The summed E-state index contributed by atoms with van der Waals surface area (Å²) in [6.45, 7) is 0. The molecule has 0 amide bonds. The first-order chi connectivity index (χ1) is 14.5. The van der Waals surface area contributed by atoms with Gasteiger partial charge in [0.25, 0.3) is 0 Å². The standard InChI is InChI=1S/C19H48O7Si4/c1-20-28(21-2)16-10-7-13-19(26-27,14-8-11-17-29(22-3)23-4)15-9-12-18-30(24-5)25-6/h28-30H,7-18H2,1-6,27H3. The molecule has 0 unspecified atom stereocenters. The van der Waals surface area contributed by atoms with E-state index in [1.165, 1.54) is 19.3 Å². The summed E-state index contributed by atoms with van der Waals surface area (Å²) < 4.78 is 39.0. The van der Waals surface area contributed by atoms with E-state index in [9.17, 15) is 0 Å². The molecule has 0 spiro atoms. The van der Waals surface area contributed by atoms with Crippen LogP contribution in [0.25, 0.3) is 0 Å². The number of unbranched alkanes of at least 4 members (excludes halogenated alkanes) is 3. The third-order valence-electron chi connectivity index (χ3n) is 5.98. The van der Waals surface area contributed by atoms with Crippen LogP contribution in [0.5, 0.6) is 0 Å². The lowest BCUT2D eigenvalue weighted by Gasteiger charge is -2.34. The van der Waals surface area contributed by atoms with Crippen LogP contribution >= 0.6 is 0 Å². The van der Waals surface area contributed by atoms with E-state index in [4.69, 9.17) is 31.0 Å². The van der Waals surface area contributed by atoms with Gasteiger partial charge in [0.05, 0.1) is 5.60 Å². The highest BCUT2D eigenvalue weighted by atomic mass is 28.3. The van der Waals surface area contributed by atoms with Gasteiger partial charge < -0.3 is 31.0 Å². The lowest BCUT2D eigenvalue weighted by molar-refractivity contribution is 0.0434. The van der Waals surface area contributed by atoms with Crippen molar-refractivity contribution in [3.63, 3.8) is 0 Å². The van der Waals surface area contributed by atoms with Crippen LogP contribution in [0.15, 0.2) is 0 Å². The first kappa shape index (κ1) is 30.6. The molecule has 0 bridgehead atoms. The van der Waals surface area contributed by atoms with Gasteiger partial charge in [-0.1, -0.05) is 38.5 Å². The van der Waals surface area contributed by atoms with E-state index >= 15 is 0 Å². The molecule has 0 heterocycles. The van der Waals surface area contributed by atoms with E-state index < -0.39 is 27.9 Å². The molecule has 182 valence electrons. The maximum absolute atomic E-state index is 6.30. The average Bonchev–Trinajstić information content (AvgIpc) is 2.78. The van der Waals surface area contributed by atoms with Crippen LogP contribution in [0.3, 0.4) is 0 Å². The van der Waals surface area contributed by atoms with Crippen molar-refractivity contribution in [3.05, 3.63) is 0 Å². The van der Waals surface area contributed by atoms with Crippen LogP contribution in [0.1, 0.15) is 57.8 Å². The van der Waals surface area contributed by atoms with Crippen LogP contribution in [0.2, 0.25) is 18.1 Å². The van der Waals surface area contributed by atoms with Crippen molar-refractivity contribution in [2.75, 3.05) is 42.7 Å². The Hall–Kier alpha value is 0.588. The van der Waals surface area contributed by atoms with Gasteiger partial charge >= 0.3 is 27.9 Å². The Morgan fingerprint density at radius 2 is 0.767 bits per heavy atom. The van der Waals surface area contributed by atoms with E-state index in [0.29, 0.717) is 0 Å². The first-order valence-corrected chi connectivity index (χ1v) is 17.4. The largest absolute Gasteiger partial charge is 0.422 e. The van der Waals surface area contributed by atoms with E-state index in [-0.39, 0.29) is 5.60 Å². The van der Waals surface area contributed by atoms with Crippen LogP contribution in [0, 0.1) is 0 Å². The zero-order chi connectivity index (χ0) is 22.7. The molecule has 0 aliphatic heterocycles. The highest BCUT2D eigenvalue weighted by Gasteiger charge is 2.28. The molecule has 0 aliphatic rings. The summed E-state index contributed by atoms with van der Waals surface area (Å²) in [6, 6.07) is 3.19. The Kier molecular flexibility index (Phi) is 20.6. The van der Waals surface area contributed by atoms with E-state index in [0.717, 1.165) is 67.1 Å². The molecule has 0 fully saturated rings. The monoisotopic (exact) mass is 500 g/mol. The maximum Gasteiger partial charge on any atom is 0.320 e. The summed E-state index contributed by atoms with van der Waals surface area (Å²) >= 11 is 0. The summed E-state index contributed by atoms with van der Waals surface area (Å²) in [5.74, 6) is 0. The van der Waals surface area contributed by atoms with Crippen LogP contribution in [-0.4, -0.2) is 86.6 Å². The van der Waals surface area contributed by atoms with Crippen LogP contribution in [-0.2, 0) is 31.0 Å². The van der Waals surface area contributed by atoms with Gasteiger partial charge in [0.2, 0.25) is 0 Å². The first-order valence-electron chi connectivity index (χ1n) is 11.3. The molecule has 0 radical (unpaired) electrons. The summed E-state index contributed by atoms with van der Waals surface area (Å²) in [6.07, 6.45) is 10.3. The lowest BCUT2D eigenvalue weighted by Crippen LogP contribution is -2.32. The molecule has 0 aliphatic carbocycles. The molecule has 0 N–H and O–H groups in total. The van der Waals surface area contributed by atoms with Gasteiger partial charge in [-0.25, -0.2) is 0 Å².